The lowest BCUT2D eigenvalue weighted by atomic mass is 9.99. The molecule has 1 rings (SSSR count). The summed E-state index contributed by atoms with van der Waals surface area (Å²) in [5, 5.41) is 11.3. The van der Waals surface area contributed by atoms with E-state index in [-0.39, 0.29) is 23.7 Å². The number of nitrogens with zero attached hydrogens (tertiary/aromatic N) is 1. The minimum Gasteiger partial charge on any atom is -0.395 e. The van der Waals surface area contributed by atoms with Crippen LogP contribution in [-0.4, -0.2) is 59.9 Å². The van der Waals surface area contributed by atoms with Crippen molar-refractivity contribution in [2.45, 2.75) is 38.9 Å². The van der Waals surface area contributed by atoms with Crippen LogP contribution in [0.3, 0.4) is 0 Å². The Morgan fingerprint density at radius 3 is 2.29 bits per heavy atom. The van der Waals surface area contributed by atoms with E-state index in [0.717, 1.165) is 13.1 Å². The minimum atomic E-state index is -0.237. The fourth-order valence-corrected chi connectivity index (χ4v) is 2.51. The number of amides is 1. The van der Waals surface area contributed by atoms with E-state index in [4.69, 9.17) is 9.84 Å². The summed E-state index contributed by atoms with van der Waals surface area (Å²) in [4.78, 5) is 13.7. The third-order valence-electron chi connectivity index (χ3n) is 2.56. The van der Waals surface area contributed by atoms with Gasteiger partial charge in [0, 0.05) is 19.6 Å². The number of hydrogen-bond acceptors (Lipinski definition) is 4. The molecule has 0 aromatic rings. The molecule has 1 aliphatic heterocycles. The summed E-state index contributed by atoms with van der Waals surface area (Å²) in [7, 11) is 0. The van der Waals surface area contributed by atoms with Crippen LogP contribution >= 0.6 is 0 Å². The van der Waals surface area contributed by atoms with Gasteiger partial charge in [-0.15, -0.1) is 0 Å². The number of hydrogen-bond donors (Lipinski definition) is 2. The normalized spacial score (nSPS) is 23.4. The molecule has 0 aliphatic carbocycles. The number of aliphatic hydroxyl groups is 1. The van der Waals surface area contributed by atoms with Gasteiger partial charge >= 0.3 is 0 Å². The van der Waals surface area contributed by atoms with Crippen LogP contribution in [0.2, 0.25) is 0 Å². The van der Waals surface area contributed by atoms with Gasteiger partial charge in [0.1, 0.15) is 0 Å². The molecule has 0 saturated carbocycles. The number of ether oxygens (including phenoxy) is 1. The van der Waals surface area contributed by atoms with Crippen LogP contribution in [0.1, 0.15) is 27.7 Å². The van der Waals surface area contributed by atoms with Crippen molar-refractivity contribution >= 4 is 5.91 Å². The monoisotopic (exact) mass is 244 g/mol. The van der Waals surface area contributed by atoms with E-state index < -0.39 is 0 Å². The first-order valence-corrected chi connectivity index (χ1v) is 6.04. The van der Waals surface area contributed by atoms with Crippen molar-refractivity contribution in [1.29, 1.82) is 0 Å². The lowest BCUT2D eigenvalue weighted by Gasteiger charge is -2.46. The first kappa shape index (κ1) is 14.4. The maximum Gasteiger partial charge on any atom is 0.234 e. The summed E-state index contributed by atoms with van der Waals surface area (Å²) in [5.74, 6) is -0.0486. The number of carbonyl (C=O) groups is 1. The average Bonchev–Trinajstić information content (AvgIpc) is 2.09. The molecule has 0 spiro atoms. The van der Waals surface area contributed by atoms with Crippen LogP contribution in [0.25, 0.3) is 0 Å². The maximum atomic E-state index is 11.6. The fraction of sp³-hybridized carbons (Fsp3) is 0.917. The molecule has 0 atom stereocenters. The summed E-state index contributed by atoms with van der Waals surface area (Å²) >= 11 is 0. The Morgan fingerprint density at radius 1 is 1.29 bits per heavy atom. The summed E-state index contributed by atoms with van der Waals surface area (Å²) in [6.07, 6.45) is 0. The third-order valence-corrected chi connectivity index (χ3v) is 2.56. The van der Waals surface area contributed by atoms with Crippen LogP contribution in [-0.2, 0) is 9.53 Å². The Balaban J connectivity index is 2.51. The Labute approximate surface area is 103 Å². The zero-order valence-electron chi connectivity index (χ0n) is 11.2. The molecule has 1 saturated heterocycles. The molecule has 5 nitrogen and oxygen atoms in total. The first-order valence-electron chi connectivity index (χ1n) is 6.04. The second kappa shape index (κ2) is 5.33. The van der Waals surface area contributed by atoms with Gasteiger partial charge in [0.15, 0.2) is 0 Å². The molecule has 1 amide bonds. The van der Waals surface area contributed by atoms with Crippen molar-refractivity contribution in [3.63, 3.8) is 0 Å². The van der Waals surface area contributed by atoms with Crippen molar-refractivity contribution in [3.05, 3.63) is 0 Å². The van der Waals surface area contributed by atoms with Crippen molar-refractivity contribution in [1.82, 2.24) is 10.2 Å². The highest BCUT2D eigenvalue weighted by Gasteiger charge is 2.38. The smallest absolute Gasteiger partial charge is 0.234 e. The standard InChI is InChI=1S/C12H24N2O3/c1-11(2)8-14(9-12(3,4)17-11)7-10(16)13-5-6-15/h15H,5-9H2,1-4H3,(H,13,16). The topological polar surface area (TPSA) is 61.8 Å². The molecule has 1 fully saturated rings. The van der Waals surface area contributed by atoms with E-state index >= 15 is 0 Å². The molecule has 1 heterocycles. The van der Waals surface area contributed by atoms with Gasteiger partial charge in [-0.2, -0.15) is 0 Å². The molecule has 1 aliphatic rings. The third kappa shape index (κ3) is 5.02. The molecule has 100 valence electrons. The van der Waals surface area contributed by atoms with Gasteiger partial charge in [-0.1, -0.05) is 0 Å². The van der Waals surface area contributed by atoms with Crippen LogP contribution in [0.4, 0.5) is 0 Å². The highest BCUT2D eigenvalue weighted by molar-refractivity contribution is 5.78. The predicted octanol–water partition coefficient (Wildman–Crippen LogP) is -0.0157. The largest absolute Gasteiger partial charge is 0.395 e. The van der Waals surface area contributed by atoms with E-state index in [2.05, 4.69) is 10.2 Å². The SMILES string of the molecule is CC1(C)CN(CC(=O)NCCO)CC(C)(C)O1. The minimum absolute atomic E-state index is 0.0220. The Kier molecular flexibility index (Phi) is 4.52. The van der Waals surface area contributed by atoms with Crippen LogP contribution in [0.15, 0.2) is 0 Å². The number of nitrogens with one attached hydrogen (secondary N) is 1. The molecule has 0 aromatic carbocycles. The average molecular weight is 244 g/mol. The first-order chi connectivity index (χ1) is 7.74. The molecule has 17 heavy (non-hydrogen) atoms. The number of morpholine rings is 1. The Hall–Kier alpha value is -0.650. The van der Waals surface area contributed by atoms with E-state index in [1.807, 2.05) is 27.7 Å². The Morgan fingerprint density at radius 2 is 1.82 bits per heavy atom. The van der Waals surface area contributed by atoms with Gasteiger partial charge < -0.3 is 15.2 Å². The van der Waals surface area contributed by atoms with E-state index in [1.165, 1.54) is 0 Å². The van der Waals surface area contributed by atoms with Gasteiger partial charge in [0.2, 0.25) is 5.91 Å². The van der Waals surface area contributed by atoms with Crippen molar-refractivity contribution < 1.29 is 14.6 Å². The zero-order valence-corrected chi connectivity index (χ0v) is 11.2. The maximum absolute atomic E-state index is 11.6. The van der Waals surface area contributed by atoms with Crippen LogP contribution in [0.5, 0.6) is 0 Å². The molecule has 0 radical (unpaired) electrons. The van der Waals surface area contributed by atoms with Gasteiger partial charge in [-0.05, 0) is 27.7 Å². The molecule has 0 aromatic heterocycles. The number of rotatable bonds is 4. The molecular formula is C12H24N2O3. The molecular weight excluding hydrogens is 220 g/mol. The number of aliphatic hydroxyl groups excluding tert-OH is 1. The fourth-order valence-electron chi connectivity index (χ4n) is 2.51. The van der Waals surface area contributed by atoms with Crippen molar-refractivity contribution in [2.75, 3.05) is 32.8 Å². The molecule has 0 bridgehead atoms. The second-order valence-corrected chi connectivity index (χ2v) is 5.84. The van der Waals surface area contributed by atoms with Gasteiger partial charge in [-0.3, -0.25) is 9.69 Å². The lowest BCUT2D eigenvalue weighted by Crippen LogP contribution is -2.58. The molecule has 2 N–H and O–H groups in total. The molecule has 0 unspecified atom stereocenters. The zero-order chi connectivity index (χ0) is 13.1. The van der Waals surface area contributed by atoms with Crippen LogP contribution < -0.4 is 5.32 Å². The summed E-state index contributed by atoms with van der Waals surface area (Å²) in [6, 6.07) is 0. The van der Waals surface area contributed by atoms with Gasteiger partial charge in [0.25, 0.3) is 0 Å². The lowest BCUT2D eigenvalue weighted by molar-refractivity contribution is -0.181. The number of carbonyl (C=O) groups excluding carboxylic acids is 1. The molecule has 5 heteroatoms. The van der Waals surface area contributed by atoms with E-state index in [9.17, 15) is 4.79 Å². The highest BCUT2D eigenvalue weighted by atomic mass is 16.5. The summed E-state index contributed by atoms with van der Waals surface area (Å²) in [6.45, 7) is 10.3. The highest BCUT2D eigenvalue weighted by Crippen LogP contribution is 2.27. The quantitative estimate of drug-likeness (QED) is 0.730. The summed E-state index contributed by atoms with van der Waals surface area (Å²) in [5.41, 5.74) is -0.474. The van der Waals surface area contributed by atoms with Crippen LogP contribution in [0, 0.1) is 0 Å². The van der Waals surface area contributed by atoms with E-state index in [1.54, 1.807) is 0 Å². The van der Waals surface area contributed by atoms with Crippen molar-refractivity contribution in [2.24, 2.45) is 0 Å². The second-order valence-electron chi connectivity index (χ2n) is 5.84. The summed E-state index contributed by atoms with van der Waals surface area (Å²) < 4.78 is 5.94. The van der Waals surface area contributed by atoms with Crippen molar-refractivity contribution in [3.8, 4) is 0 Å². The Bertz CT molecular complexity index is 261. The van der Waals surface area contributed by atoms with E-state index in [0.29, 0.717) is 13.1 Å². The van der Waals surface area contributed by atoms with Gasteiger partial charge in [0.05, 0.1) is 24.4 Å². The predicted molar refractivity (Wildman–Crippen MR) is 65.8 cm³/mol. The van der Waals surface area contributed by atoms with Gasteiger partial charge in [-0.25, -0.2) is 0 Å².